The van der Waals surface area contributed by atoms with Crippen LogP contribution >= 0.6 is 0 Å². The molecule has 0 aromatic heterocycles. The maximum absolute atomic E-state index is 12.7. The summed E-state index contributed by atoms with van der Waals surface area (Å²) in [5.41, 5.74) is 2.45. The van der Waals surface area contributed by atoms with E-state index < -0.39 is 0 Å². The van der Waals surface area contributed by atoms with Crippen molar-refractivity contribution in [3.63, 3.8) is 0 Å². The van der Waals surface area contributed by atoms with E-state index in [0.717, 1.165) is 38.0 Å². The molecule has 0 saturated carbocycles. The molecule has 3 rings (SSSR count). The Kier molecular flexibility index (Phi) is 3.79. The maximum atomic E-state index is 12.7. The van der Waals surface area contributed by atoms with Gasteiger partial charge in [-0.3, -0.25) is 4.79 Å². The molecule has 0 bridgehead atoms. The summed E-state index contributed by atoms with van der Waals surface area (Å²) in [6.07, 6.45) is 4.03. The first-order valence-electron chi connectivity index (χ1n) is 7.73. The van der Waals surface area contributed by atoms with E-state index in [2.05, 4.69) is 37.1 Å². The van der Waals surface area contributed by atoms with Crippen LogP contribution in [0.1, 0.15) is 31.7 Å². The Balaban J connectivity index is 1.68. The van der Waals surface area contributed by atoms with Gasteiger partial charge in [0.2, 0.25) is 5.91 Å². The fourth-order valence-corrected chi connectivity index (χ4v) is 3.56. The highest BCUT2D eigenvalue weighted by Gasteiger charge is 2.32. The van der Waals surface area contributed by atoms with Crippen LogP contribution in [0.15, 0.2) is 24.3 Å². The van der Waals surface area contributed by atoms with E-state index in [-0.39, 0.29) is 0 Å². The predicted molar refractivity (Wildman–Crippen MR) is 81.9 cm³/mol. The van der Waals surface area contributed by atoms with E-state index in [0.29, 0.717) is 24.3 Å². The molecule has 20 heavy (non-hydrogen) atoms. The SMILES string of the molecule is C[C@H]1Cc2ccccc2N1C(=O)CC1CCN(C)CC1. The van der Waals surface area contributed by atoms with Gasteiger partial charge in [-0.25, -0.2) is 0 Å². The van der Waals surface area contributed by atoms with Gasteiger partial charge in [0, 0.05) is 18.2 Å². The first-order chi connectivity index (χ1) is 9.65. The van der Waals surface area contributed by atoms with Crippen molar-refractivity contribution >= 4 is 11.6 Å². The second-order valence-electron chi connectivity index (χ2n) is 6.40. The summed E-state index contributed by atoms with van der Waals surface area (Å²) in [6.45, 7) is 4.42. The molecule has 1 saturated heterocycles. The largest absolute Gasteiger partial charge is 0.309 e. The summed E-state index contributed by atoms with van der Waals surface area (Å²) in [4.78, 5) is 17.1. The lowest BCUT2D eigenvalue weighted by Crippen LogP contribution is -2.38. The Hall–Kier alpha value is -1.35. The number of benzene rings is 1. The molecule has 0 N–H and O–H groups in total. The number of carbonyl (C=O) groups is 1. The molecule has 1 atom stereocenters. The Bertz CT molecular complexity index is 492. The second kappa shape index (κ2) is 5.57. The number of hydrogen-bond acceptors (Lipinski definition) is 2. The van der Waals surface area contributed by atoms with Crippen molar-refractivity contribution in [3.05, 3.63) is 29.8 Å². The minimum absolute atomic E-state index is 0.311. The number of hydrogen-bond donors (Lipinski definition) is 0. The van der Waals surface area contributed by atoms with Gasteiger partial charge in [-0.2, -0.15) is 0 Å². The van der Waals surface area contributed by atoms with Gasteiger partial charge in [-0.05, 0) is 63.9 Å². The van der Waals surface area contributed by atoms with Crippen molar-refractivity contribution in [2.45, 2.75) is 38.6 Å². The smallest absolute Gasteiger partial charge is 0.227 e. The summed E-state index contributed by atoms with van der Waals surface area (Å²) in [5.74, 6) is 0.885. The van der Waals surface area contributed by atoms with Crippen LogP contribution in [0.4, 0.5) is 5.69 Å². The number of piperidine rings is 1. The molecule has 0 radical (unpaired) electrons. The Morgan fingerprint density at radius 2 is 1.95 bits per heavy atom. The zero-order valence-electron chi connectivity index (χ0n) is 12.5. The summed E-state index contributed by atoms with van der Waals surface area (Å²) in [5, 5.41) is 0. The molecule has 2 aliphatic rings. The van der Waals surface area contributed by atoms with E-state index >= 15 is 0 Å². The molecule has 3 nitrogen and oxygen atoms in total. The molecular formula is C17H24N2O. The zero-order valence-corrected chi connectivity index (χ0v) is 12.5. The molecule has 2 heterocycles. The van der Waals surface area contributed by atoms with Crippen LogP contribution in [0.3, 0.4) is 0 Å². The molecule has 2 aliphatic heterocycles. The number of anilines is 1. The molecule has 1 aromatic rings. The van der Waals surface area contributed by atoms with Crippen molar-refractivity contribution in [1.29, 1.82) is 0 Å². The molecule has 1 fully saturated rings. The van der Waals surface area contributed by atoms with Crippen LogP contribution in [-0.2, 0) is 11.2 Å². The molecule has 108 valence electrons. The third-order valence-electron chi connectivity index (χ3n) is 4.78. The zero-order chi connectivity index (χ0) is 14.1. The van der Waals surface area contributed by atoms with Crippen molar-refractivity contribution < 1.29 is 4.79 Å². The standard InChI is InChI=1S/C17H24N2O/c1-13-11-15-5-3-4-6-16(15)19(13)17(20)12-14-7-9-18(2)10-8-14/h3-6,13-14H,7-12H2,1-2H3/t13-/m0/s1. The number of rotatable bonds is 2. The van der Waals surface area contributed by atoms with Crippen LogP contribution in [0.25, 0.3) is 0 Å². The molecule has 0 unspecified atom stereocenters. The highest BCUT2D eigenvalue weighted by molar-refractivity contribution is 5.96. The maximum Gasteiger partial charge on any atom is 0.227 e. The number of likely N-dealkylation sites (tertiary alicyclic amines) is 1. The highest BCUT2D eigenvalue weighted by Crippen LogP contribution is 2.33. The number of fused-ring (bicyclic) bond motifs is 1. The number of amides is 1. The minimum Gasteiger partial charge on any atom is -0.309 e. The third kappa shape index (κ3) is 2.59. The third-order valence-corrected chi connectivity index (χ3v) is 4.78. The van der Waals surface area contributed by atoms with E-state index in [4.69, 9.17) is 0 Å². The van der Waals surface area contributed by atoms with Crippen molar-refractivity contribution in [2.75, 3.05) is 25.0 Å². The molecule has 1 amide bonds. The van der Waals surface area contributed by atoms with E-state index in [1.54, 1.807) is 0 Å². The Labute approximate surface area is 121 Å². The topological polar surface area (TPSA) is 23.6 Å². The summed E-state index contributed by atoms with van der Waals surface area (Å²) >= 11 is 0. The number of nitrogens with zero attached hydrogens (tertiary/aromatic N) is 2. The van der Waals surface area contributed by atoms with Gasteiger partial charge in [-0.15, -0.1) is 0 Å². The highest BCUT2D eigenvalue weighted by atomic mass is 16.2. The Morgan fingerprint density at radius 1 is 1.25 bits per heavy atom. The van der Waals surface area contributed by atoms with Crippen molar-refractivity contribution in [2.24, 2.45) is 5.92 Å². The van der Waals surface area contributed by atoms with E-state index in [9.17, 15) is 4.79 Å². The first kappa shape index (κ1) is 13.6. The van der Waals surface area contributed by atoms with Gasteiger partial charge >= 0.3 is 0 Å². The molecular weight excluding hydrogens is 248 g/mol. The van der Waals surface area contributed by atoms with Crippen LogP contribution in [-0.4, -0.2) is 37.0 Å². The second-order valence-corrected chi connectivity index (χ2v) is 6.40. The molecule has 0 aliphatic carbocycles. The lowest BCUT2D eigenvalue weighted by Gasteiger charge is -2.30. The monoisotopic (exact) mass is 272 g/mol. The van der Waals surface area contributed by atoms with Crippen LogP contribution in [0, 0.1) is 5.92 Å². The van der Waals surface area contributed by atoms with Crippen molar-refractivity contribution in [3.8, 4) is 0 Å². The van der Waals surface area contributed by atoms with Crippen LogP contribution < -0.4 is 4.90 Å². The molecule has 3 heteroatoms. The molecule has 1 aromatic carbocycles. The van der Waals surface area contributed by atoms with Gasteiger partial charge < -0.3 is 9.80 Å². The number of carbonyl (C=O) groups excluding carboxylic acids is 1. The predicted octanol–water partition coefficient (Wildman–Crippen LogP) is 2.70. The lowest BCUT2D eigenvalue weighted by atomic mass is 9.93. The fraction of sp³-hybridized carbons (Fsp3) is 0.588. The number of para-hydroxylation sites is 1. The summed E-state index contributed by atoms with van der Waals surface area (Å²) < 4.78 is 0. The summed E-state index contributed by atoms with van der Waals surface area (Å²) in [6, 6.07) is 8.65. The Morgan fingerprint density at radius 3 is 2.70 bits per heavy atom. The van der Waals surface area contributed by atoms with Gasteiger partial charge in [0.05, 0.1) is 0 Å². The van der Waals surface area contributed by atoms with Gasteiger partial charge in [0.1, 0.15) is 0 Å². The van der Waals surface area contributed by atoms with Crippen molar-refractivity contribution in [1.82, 2.24) is 4.90 Å². The normalized spacial score (nSPS) is 23.9. The van der Waals surface area contributed by atoms with Crippen LogP contribution in [0.2, 0.25) is 0 Å². The van der Waals surface area contributed by atoms with Gasteiger partial charge in [0.25, 0.3) is 0 Å². The average molecular weight is 272 g/mol. The van der Waals surface area contributed by atoms with E-state index in [1.165, 1.54) is 5.56 Å². The van der Waals surface area contributed by atoms with Gasteiger partial charge in [-0.1, -0.05) is 18.2 Å². The minimum atomic E-state index is 0.311. The lowest BCUT2D eigenvalue weighted by molar-refractivity contribution is -0.120. The quantitative estimate of drug-likeness (QED) is 0.826. The van der Waals surface area contributed by atoms with E-state index in [1.807, 2.05) is 11.0 Å². The van der Waals surface area contributed by atoms with Gasteiger partial charge in [0.15, 0.2) is 0 Å². The average Bonchev–Trinajstić information content (AvgIpc) is 2.77. The summed E-state index contributed by atoms with van der Waals surface area (Å²) in [7, 11) is 2.16. The molecule has 0 spiro atoms. The fourth-order valence-electron chi connectivity index (χ4n) is 3.56. The van der Waals surface area contributed by atoms with Crippen LogP contribution in [0.5, 0.6) is 0 Å². The first-order valence-corrected chi connectivity index (χ1v) is 7.73.